The summed E-state index contributed by atoms with van der Waals surface area (Å²) in [7, 11) is 1.38. The van der Waals surface area contributed by atoms with Gasteiger partial charge in [-0.25, -0.2) is 9.78 Å². The van der Waals surface area contributed by atoms with Crippen molar-refractivity contribution in [3.8, 4) is 22.5 Å². The average molecular weight is 518 g/mol. The highest BCUT2D eigenvalue weighted by molar-refractivity contribution is 8.00. The van der Waals surface area contributed by atoms with Gasteiger partial charge in [-0.3, -0.25) is 4.79 Å². The summed E-state index contributed by atoms with van der Waals surface area (Å²) in [5.74, 6) is -0.571. The third-order valence-electron chi connectivity index (χ3n) is 6.25. The number of aromatic nitrogens is 2. The van der Waals surface area contributed by atoms with E-state index in [1.54, 1.807) is 0 Å². The molecule has 0 spiro atoms. The van der Waals surface area contributed by atoms with E-state index in [4.69, 9.17) is 9.72 Å². The molecule has 1 aliphatic carbocycles. The number of thioether (sulfide) groups is 1. The molecule has 5 rings (SSSR count). The van der Waals surface area contributed by atoms with Crippen molar-refractivity contribution in [3.05, 3.63) is 76.7 Å². The lowest BCUT2D eigenvalue weighted by Crippen LogP contribution is -2.23. The highest BCUT2D eigenvalue weighted by atomic mass is 32.2. The molecule has 1 atom stereocenters. The number of nitrogens with zero attached hydrogens (tertiary/aromatic N) is 1. The van der Waals surface area contributed by atoms with E-state index in [1.807, 2.05) is 67.6 Å². The molecule has 0 radical (unpaired) electrons. The molecule has 2 heterocycles. The van der Waals surface area contributed by atoms with Crippen LogP contribution in [0, 0.1) is 0 Å². The van der Waals surface area contributed by atoms with Crippen LogP contribution in [0.4, 0.5) is 5.00 Å². The van der Waals surface area contributed by atoms with Crippen molar-refractivity contribution in [1.82, 2.24) is 9.97 Å². The van der Waals surface area contributed by atoms with E-state index >= 15 is 0 Å². The molecule has 184 valence electrons. The van der Waals surface area contributed by atoms with E-state index in [2.05, 4.69) is 10.3 Å². The summed E-state index contributed by atoms with van der Waals surface area (Å²) >= 11 is 2.85. The van der Waals surface area contributed by atoms with Crippen LogP contribution >= 0.6 is 23.1 Å². The number of esters is 1. The molecule has 0 fully saturated rings. The predicted octanol–water partition coefficient (Wildman–Crippen LogP) is 6.59. The average Bonchev–Trinajstić information content (AvgIpc) is 3.50. The second-order valence-corrected chi connectivity index (χ2v) is 11.1. The topological polar surface area (TPSA) is 84.1 Å². The largest absolute Gasteiger partial charge is 0.465 e. The van der Waals surface area contributed by atoms with Crippen LogP contribution in [0.15, 0.2) is 65.8 Å². The van der Waals surface area contributed by atoms with Crippen molar-refractivity contribution in [2.45, 2.75) is 43.0 Å². The molecule has 6 nitrogen and oxygen atoms in total. The van der Waals surface area contributed by atoms with Crippen LogP contribution in [0.25, 0.3) is 22.5 Å². The van der Waals surface area contributed by atoms with Gasteiger partial charge in [0.15, 0.2) is 5.16 Å². The van der Waals surface area contributed by atoms with E-state index in [1.165, 1.54) is 35.1 Å². The number of thiophene rings is 1. The minimum atomic E-state index is -0.437. The lowest BCUT2D eigenvalue weighted by Gasteiger charge is -2.12. The van der Waals surface area contributed by atoms with Crippen LogP contribution in [0.3, 0.4) is 0 Å². The monoisotopic (exact) mass is 517 g/mol. The molecule has 2 aromatic carbocycles. The van der Waals surface area contributed by atoms with Crippen molar-refractivity contribution in [1.29, 1.82) is 0 Å². The first-order chi connectivity index (χ1) is 17.5. The fourth-order valence-electron chi connectivity index (χ4n) is 4.43. The van der Waals surface area contributed by atoms with Crippen LogP contribution in [-0.4, -0.2) is 34.2 Å². The zero-order chi connectivity index (χ0) is 25.1. The summed E-state index contributed by atoms with van der Waals surface area (Å²) in [5.41, 5.74) is 5.33. The first-order valence-corrected chi connectivity index (χ1v) is 13.7. The lowest BCUT2D eigenvalue weighted by molar-refractivity contribution is -0.115. The van der Waals surface area contributed by atoms with Gasteiger partial charge in [0, 0.05) is 16.0 Å². The zero-order valence-electron chi connectivity index (χ0n) is 20.2. The highest BCUT2D eigenvalue weighted by Crippen LogP contribution is 2.39. The van der Waals surface area contributed by atoms with Crippen molar-refractivity contribution in [3.63, 3.8) is 0 Å². The maximum Gasteiger partial charge on any atom is 0.341 e. The number of H-pyrrole nitrogens is 1. The van der Waals surface area contributed by atoms with Gasteiger partial charge in [-0.15, -0.1) is 11.3 Å². The Morgan fingerprint density at radius 3 is 2.39 bits per heavy atom. The van der Waals surface area contributed by atoms with E-state index in [0.717, 1.165) is 53.8 Å². The van der Waals surface area contributed by atoms with Crippen molar-refractivity contribution in [2.75, 3.05) is 12.4 Å². The number of aryl methyl sites for hydroxylation is 1. The normalized spacial score (nSPS) is 13.6. The van der Waals surface area contributed by atoms with E-state index < -0.39 is 11.2 Å². The summed E-state index contributed by atoms with van der Waals surface area (Å²) in [6, 6.07) is 20.1. The molecule has 0 saturated heterocycles. The first kappa shape index (κ1) is 24.3. The number of hydrogen-bond donors (Lipinski definition) is 2. The Kier molecular flexibility index (Phi) is 7.25. The number of nitrogens with one attached hydrogen (secondary N) is 2. The third-order valence-corrected chi connectivity index (χ3v) is 8.44. The number of anilines is 1. The quantitative estimate of drug-likeness (QED) is 0.213. The van der Waals surface area contributed by atoms with E-state index in [-0.39, 0.29) is 5.91 Å². The Morgan fingerprint density at radius 2 is 1.69 bits per heavy atom. The van der Waals surface area contributed by atoms with Crippen molar-refractivity contribution in [2.24, 2.45) is 0 Å². The second kappa shape index (κ2) is 10.7. The molecule has 2 aromatic heterocycles. The molecular weight excluding hydrogens is 490 g/mol. The maximum absolute atomic E-state index is 13.2. The third kappa shape index (κ3) is 4.96. The van der Waals surface area contributed by atoms with Crippen LogP contribution in [0.5, 0.6) is 0 Å². The van der Waals surface area contributed by atoms with Crippen LogP contribution in [0.1, 0.15) is 40.6 Å². The number of methoxy groups -OCH3 is 1. The summed E-state index contributed by atoms with van der Waals surface area (Å²) < 4.78 is 5.04. The number of rotatable bonds is 7. The summed E-state index contributed by atoms with van der Waals surface area (Å²) in [6.45, 7) is 1.85. The molecular formula is C28H27N3O3S2. The maximum atomic E-state index is 13.2. The van der Waals surface area contributed by atoms with Crippen molar-refractivity contribution < 1.29 is 14.3 Å². The molecule has 0 bridgehead atoms. The number of fused-ring (bicyclic) bond motifs is 1. The summed E-state index contributed by atoms with van der Waals surface area (Å²) in [6.07, 6.45) is 3.91. The molecule has 4 aromatic rings. The minimum Gasteiger partial charge on any atom is -0.465 e. The Labute approximate surface area is 218 Å². The van der Waals surface area contributed by atoms with Crippen LogP contribution in [-0.2, 0) is 22.4 Å². The van der Waals surface area contributed by atoms with Gasteiger partial charge in [0.2, 0.25) is 5.91 Å². The molecule has 1 unspecified atom stereocenters. The molecule has 1 amide bonds. The summed E-state index contributed by atoms with van der Waals surface area (Å²) in [4.78, 5) is 35.2. The molecule has 36 heavy (non-hydrogen) atoms. The van der Waals surface area contributed by atoms with Crippen LogP contribution in [0.2, 0.25) is 0 Å². The molecule has 0 aliphatic heterocycles. The number of ether oxygens (including phenoxy) is 1. The second-order valence-electron chi connectivity index (χ2n) is 8.65. The Morgan fingerprint density at radius 1 is 1.03 bits per heavy atom. The summed E-state index contributed by atoms with van der Waals surface area (Å²) in [5, 5.41) is 3.81. The Bertz CT molecular complexity index is 1320. The molecule has 2 N–H and O–H groups in total. The standard InChI is InChI=1S/C28H27N3O3S2/c1-17(25(32)31-26-22(27(33)34-2)20-15-9-10-16-21(20)36-26)35-28-29-23(18-11-5-3-6-12-18)24(30-28)19-13-7-4-8-14-19/h3-8,11-14,17H,9-10,15-16H2,1-2H3,(H,29,30)(H,31,32). The molecule has 8 heteroatoms. The Hall–Kier alpha value is -3.36. The fraction of sp³-hybridized carbons (Fsp3) is 0.250. The number of amides is 1. The lowest BCUT2D eigenvalue weighted by atomic mass is 9.95. The number of carbonyl (C=O) groups is 2. The van der Waals surface area contributed by atoms with Gasteiger partial charge in [0.25, 0.3) is 0 Å². The SMILES string of the molecule is COC(=O)c1c(NC(=O)C(C)Sc2nc(-c3ccccc3)c(-c3ccccc3)[nH]2)sc2c1CCCC2. The van der Waals surface area contributed by atoms with Gasteiger partial charge in [0.1, 0.15) is 5.00 Å². The number of imidazole rings is 1. The van der Waals surface area contributed by atoms with Gasteiger partial charge in [0.05, 0.1) is 29.3 Å². The highest BCUT2D eigenvalue weighted by Gasteiger charge is 2.28. The number of carbonyl (C=O) groups excluding carboxylic acids is 2. The Balaban J connectivity index is 1.39. The minimum absolute atomic E-state index is 0.178. The number of hydrogen-bond acceptors (Lipinski definition) is 6. The first-order valence-electron chi connectivity index (χ1n) is 12.0. The molecule has 0 saturated carbocycles. The zero-order valence-corrected chi connectivity index (χ0v) is 21.8. The predicted molar refractivity (Wildman–Crippen MR) is 146 cm³/mol. The smallest absolute Gasteiger partial charge is 0.341 e. The van der Waals surface area contributed by atoms with E-state index in [9.17, 15) is 9.59 Å². The van der Waals surface area contributed by atoms with Gasteiger partial charge in [-0.2, -0.15) is 0 Å². The number of aromatic amines is 1. The van der Waals surface area contributed by atoms with Gasteiger partial charge >= 0.3 is 5.97 Å². The van der Waals surface area contributed by atoms with Gasteiger partial charge in [-0.05, 0) is 38.2 Å². The van der Waals surface area contributed by atoms with Crippen molar-refractivity contribution >= 4 is 40.0 Å². The van der Waals surface area contributed by atoms with Gasteiger partial charge < -0.3 is 15.0 Å². The molecule has 1 aliphatic rings. The fourth-order valence-corrected chi connectivity index (χ4v) is 6.52. The van der Waals surface area contributed by atoms with Crippen LogP contribution < -0.4 is 5.32 Å². The van der Waals surface area contributed by atoms with E-state index in [0.29, 0.717) is 15.7 Å². The van der Waals surface area contributed by atoms with Gasteiger partial charge in [-0.1, -0.05) is 72.4 Å². The number of benzene rings is 2.